The summed E-state index contributed by atoms with van der Waals surface area (Å²) in [6.07, 6.45) is 0.775. The molecule has 0 amide bonds. The van der Waals surface area contributed by atoms with Crippen LogP contribution in [0.1, 0.15) is 22.3 Å². The molecule has 0 N–H and O–H groups in total. The van der Waals surface area contributed by atoms with Crippen LogP contribution < -0.4 is 10.4 Å². The molecule has 1 aromatic heterocycles. The van der Waals surface area contributed by atoms with Gasteiger partial charge in [0.15, 0.2) is 0 Å². The molecule has 3 nitrogen and oxygen atoms in total. The van der Waals surface area contributed by atoms with E-state index in [1.807, 2.05) is 19.1 Å². The summed E-state index contributed by atoms with van der Waals surface area (Å²) in [6.45, 7) is 6.79. The van der Waals surface area contributed by atoms with Gasteiger partial charge in [-0.2, -0.15) is 0 Å². The second-order valence-corrected chi connectivity index (χ2v) is 6.17. The minimum absolute atomic E-state index is 0.299. The zero-order valence-corrected chi connectivity index (χ0v) is 13.5. The van der Waals surface area contributed by atoms with Crippen molar-refractivity contribution in [1.82, 2.24) is 0 Å². The lowest BCUT2D eigenvalue weighted by molar-refractivity contribution is 0.358. The first-order valence-corrected chi connectivity index (χ1v) is 7.86. The quantitative estimate of drug-likeness (QED) is 0.629. The molecule has 0 saturated heterocycles. The Morgan fingerprint density at radius 1 is 1.04 bits per heavy atom. The van der Waals surface area contributed by atoms with Crippen LogP contribution in [0.2, 0.25) is 0 Å². The fraction of sp³-hybridized carbons (Fsp3) is 0.250. The topological polar surface area (TPSA) is 39.4 Å². The van der Waals surface area contributed by atoms with Crippen LogP contribution in [-0.2, 0) is 6.42 Å². The number of benzene rings is 2. The molecular formula is C20H18O3. The maximum Gasteiger partial charge on any atom is 0.336 e. The molecule has 1 aliphatic heterocycles. The number of fused-ring (bicyclic) bond motifs is 3. The summed E-state index contributed by atoms with van der Waals surface area (Å²) in [6, 6.07) is 9.89. The van der Waals surface area contributed by atoms with Crippen molar-refractivity contribution < 1.29 is 9.15 Å². The van der Waals surface area contributed by atoms with Crippen molar-refractivity contribution >= 4 is 11.0 Å². The molecule has 2 heterocycles. The predicted molar refractivity (Wildman–Crippen MR) is 91.3 cm³/mol. The molecule has 23 heavy (non-hydrogen) atoms. The van der Waals surface area contributed by atoms with E-state index in [-0.39, 0.29) is 5.63 Å². The average Bonchev–Trinajstić information content (AvgIpc) is 2.98. The Kier molecular flexibility index (Phi) is 3.05. The van der Waals surface area contributed by atoms with Crippen molar-refractivity contribution in [3.63, 3.8) is 0 Å². The summed E-state index contributed by atoms with van der Waals surface area (Å²) < 4.78 is 11.5. The second kappa shape index (κ2) is 4.98. The van der Waals surface area contributed by atoms with Gasteiger partial charge in [-0.3, -0.25) is 0 Å². The van der Waals surface area contributed by atoms with Gasteiger partial charge in [-0.15, -0.1) is 0 Å². The SMILES string of the molecule is Cc1ccccc1-c1c2c(c3oc(=O)cc(C)c3c1C)CCO2. The molecule has 4 rings (SSSR count). The summed E-state index contributed by atoms with van der Waals surface area (Å²) in [4.78, 5) is 11.8. The van der Waals surface area contributed by atoms with Crippen LogP contribution in [0.3, 0.4) is 0 Å². The number of hydrogen-bond acceptors (Lipinski definition) is 3. The van der Waals surface area contributed by atoms with Gasteiger partial charge in [0, 0.05) is 29.0 Å². The van der Waals surface area contributed by atoms with Crippen LogP contribution >= 0.6 is 0 Å². The van der Waals surface area contributed by atoms with Crippen molar-refractivity contribution in [2.24, 2.45) is 0 Å². The van der Waals surface area contributed by atoms with Crippen molar-refractivity contribution in [2.75, 3.05) is 6.61 Å². The highest BCUT2D eigenvalue weighted by molar-refractivity contribution is 5.97. The molecule has 0 aliphatic carbocycles. The smallest absolute Gasteiger partial charge is 0.336 e. The van der Waals surface area contributed by atoms with Crippen LogP contribution in [0.4, 0.5) is 0 Å². The molecule has 116 valence electrons. The van der Waals surface area contributed by atoms with E-state index in [1.54, 1.807) is 6.07 Å². The van der Waals surface area contributed by atoms with Gasteiger partial charge in [0.05, 0.1) is 6.61 Å². The van der Waals surface area contributed by atoms with Crippen LogP contribution in [0, 0.1) is 20.8 Å². The minimum Gasteiger partial charge on any atom is -0.492 e. The molecule has 3 aromatic rings. The Morgan fingerprint density at radius 3 is 2.61 bits per heavy atom. The average molecular weight is 306 g/mol. The van der Waals surface area contributed by atoms with E-state index in [9.17, 15) is 4.79 Å². The highest BCUT2D eigenvalue weighted by Crippen LogP contribution is 2.45. The minimum atomic E-state index is -0.299. The predicted octanol–water partition coefficient (Wildman–Crippen LogP) is 4.32. The Morgan fingerprint density at radius 2 is 1.83 bits per heavy atom. The van der Waals surface area contributed by atoms with Gasteiger partial charge in [0.25, 0.3) is 0 Å². The van der Waals surface area contributed by atoms with Crippen LogP contribution in [0.5, 0.6) is 5.75 Å². The molecular weight excluding hydrogens is 288 g/mol. The monoisotopic (exact) mass is 306 g/mol. The normalized spacial score (nSPS) is 13.2. The van der Waals surface area contributed by atoms with E-state index in [2.05, 4.69) is 26.0 Å². The summed E-state index contributed by atoms with van der Waals surface area (Å²) in [5.41, 5.74) is 6.99. The standard InChI is InChI=1S/C20H18O3/c1-11-6-4-5-7-14(11)18-13(3)17-12(2)10-16(21)23-20(17)15-8-9-22-19(15)18/h4-7,10H,8-9H2,1-3H3. The van der Waals surface area contributed by atoms with Gasteiger partial charge in [0.2, 0.25) is 0 Å². The zero-order chi connectivity index (χ0) is 16.1. The fourth-order valence-electron chi connectivity index (χ4n) is 3.66. The van der Waals surface area contributed by atoms with Crippen LogP contribution in [-0.4, -0.2) is 6.61 Å². The van der Waals surface area contributed by atoms with Crippen LogP contribution in [0.25, 0.3) is 22.1 Å². The first kappa shape index (κ1) is 14.1. The molecule has 0 unspecified atom stereocenters. The van der Waals surface area contributed by atoms with E-state index < -0.39 is 0 Å². The van der Waals surface area contributed by atoms with E-state index in [0.29, 0.717) is 12.2 Å². The van der Waals surface area contributed by atoms with Crippen LogP contribution in [0.15, 0.2) is 39.5 Å². The molecule has 2 aromatic carbocycles. The van der Waals surface area contributed by atoms with Gasteiger partial charge >= 0.3 is 5.63 Å². The third kappa shape index (κ3) is 2.00. The van der Waals surface area contributed by atoms with Gasteiger partial charge in [-0.25, -0.2) is 4.79 Å². The third-order valence-corrected chi connectivity index (χ3v) is 4.70. The number of aryl methyl sites for hydroxylation is 3. The van der Waals surface area contributed by atoms with Gasteiger partial charge in [-0.05, 0) is 43.0 Å². The maximum atomic E-state index is 11.8. The lowest BCUT2D eigenvalue weighted by Gasteiger charge is -2.17. The summed E-state index contributed by atoms with van der Waals surface area (Å²) in [5.74, 6) is 0.873. The molecule has 0 bridgehead atoms. The highest BCUT2D eigenvalue weighted by Gasteiger charge is 2.26. The molecule has 0 fully saturated rings. The Bertz CT molecular complexity index is 996. The largest absolute Gasteiger partial charge is 0.492 e. The Hall–Kier alpha value is -2.55. The Labute approximate surface area is 134 Å². The van der Waals surface area contributed by atoms with Crippen molar-refractivity contribution in [1.29, 1.82) is 0 Å². The van der Waals surface area contributed by atoms with Gasteiger partial charge in [0.1, 0.15) is 11.3 Å². The van der Waals surface area contributed by atoms with Crippen molar-refractivity contribution in [3.8, 4) is 16.9 Å². The lowest BCUT2D eigenvalue weighted by Crippen LogP contribution is -2.02. The Balaban J connectivity index is 2.21. The summed E-state index contributed by atoms with van der Waals surface area (Å²) >= 11 is 0. The van der Waals surface area contributed by atoms with E-state index >= 15 is 0 Å². The summed E-state index contributed by atoms with van der Waals surface area (Å²) in [5, 5.41) is 1.03. The molecule has 3 heteroatoms. The van der Waals surface area contributed by atoms with Gasteiger partial charge < -0.3 is 9.15 Å². The molecule has 0 saturated carbocycles. The fourth-order valence-corrected chi connectivity index (χ4v) is 3.66. The molecule has 0 atom stereocenters. The van der Waals surface area contributed by atoms with Crippen molar-refractivity contribution in [2.45, 2.75) is 27.2 Å². The molecule has 1 aliphatic rings. The zero-order valence-electron chi connectivity index (χ0n) is 13.5. The maximum absolute atomic E-state index is 11.8. The first-order chi connectivity index (χ1) is 11.1. The third-order valence-electron chi connectivity index (χ3n) is 4.70. The first-order valence-electron chi connectivity index (χ1n) is 7.86. The van der Waals surface area contributed by atoms with E-state index in [4.69, 9.17) is 9.15 Å². The molecule has 0 radical (unpaired) electrons. The van der Waals surface area contributed by atoms with Gasteiger partial charge in [-0.1, -0.05) is 24.3 Å². The number of ether oxygens (including phenoxy) is 1. The van der Waals surface area contributed by atoms with E-state index in [1.165, 1.54) is 11.1 Å². The second-order valence-electron chi connectivity index (χ2n) is 6.17. The van der Waals surface area contributed by atoms with E-state index in [0.717, 1.165) is 39.8 Å². The summed E-state index contributed by atoms with van der Waals surface area (Å²) in [7, 11) is 0. The number of hydrogen-bond donors (Lipinski definition) is 0. The molecule has 0 spiro atoms. The van der Waals surface area contributed by atoms with Crippen molar-refractivity contribution in [3.05, 3.63) is 63.0 Å². The number of rotatable bonds is 1. The highest BCUT2D eigenvalue weighted by atomic mass is 16.5. The lowest BCUT2D eigenvalue weighted by atomic mass is 9.89.